The van der Waals surface area contributed by atoms with Crippen LogP contribution in [-0.2, 0) is 6.18 Å². The van der Waals surface area contributed by atoms with E-state index < -0.39 is 23.1 Å². The summed E-state index contributed by atoms with van der Waals surface area (Å²) in [5, 5.41) is 0. The van der Waals surface area contributed by atoms with E-state index in [-0.39, 0.29) is 11.6 Å². The van der Waals surface area contributed by atoms with E-state index in [1.807, 2.05) is 13.8 Å². The second kappa shape index (κ2) is 4.37. The Kier molecular flexibility index (Phi) is 3.24. The number of nitrogens with zero attached hydrogens (tertiary/aromatic N) is 1. The van der Waals surface area contributed by atoms with E-state index in [1.165, 1.54) is 0 Å². The number of alkyl halides is 3. The van der Waals surface area contributed by atoms with Gasteiger partial charge in [-0.1, -0.05) is 13.8 Å². The van der Waals surface area contributed by atoms with Crippen molar-refractivity contribution in [3.63, 3.8) is 0 Å². The normalized spacial score (nSPS) is 18.6. The van der Waals surface area contributed by atoms with Crippen molar-refractivity contribution in [2.24, 2.45) is 11.7 Å². The average Bonchev–Trinajstić information content (AvgIpc) is 2.23. The van der Waals surface area contributed by atoms with Crippen LogP contribution in [0.25, 0.3) is 0 Å². The molecule has 1 aromatic carbocycles. The van der Waals surface area contributed by atoms with Gasteiger partial charge in [-0.2, -0.15) is 13.2 Å². The monoisotopic (exact) mass is 276 g/mol. The minimum Gasteiger partial charge on any atom is -0.365 e. The Balaban J connectivity index is 2.17. The topological polar surface area (TPSA) is 29.3 Å². The van der Waals surface area contributed by atoms with Crippen LogP contribution in [0.15, 0.2) is 18.2 Å². The molecule has 1 fully saturated rings. The molecule has 1 heterocycles. The van der Waals surface area contributed by atoms with Crippen LogP contribution < -0.4 is 10.6 Å². The molecule has 2 rings (SSSR count). The molecule has 106 valence electrons. The molecule has 1 aliphatic rings. The summed E-state index contributed by atoms with van der Waals surface area (Å²) < 4.78 is 51.0. The van der Waals surface area contributed by atoms with Crippen LogP contribution in [0.4, 0.5) is 23.2 Å². The molecule has 0 saturated carbocycles. The molecular weight excluding hydrogens is 260 g/mol. The lowest BCUT2D eigenvalue weighted by molar-refractivity contribution is -0.137. The maximum absolute atomic E-state index is 13.7. The fourth-order valence-corrected chi connectivity index (χ4v) is 2.14. The molecule has 2 N–H and O–H groups in total. The minimum absolute atomic E-state index is 0.176. The molecule has 1 aliphatic heterocycles. The fourth-order valence-electron chi connectivity index (χ4n) is 2.14. The number of hydrogen-bond acceptors (Lipinski definition) is 2. The number of halogens is 4. The zero-order valence-corrected chi connectivity index (χ0v) is 10.8. The maximum Gasteiger partial charge on any atom is 0.416 e. The smallest absolute Gasteiger partial charge is 0.365 e. The van der Waals surface area contributed by atoms with Crippen molar-refractivity contribution in [1.82, 2.24) is 0 Å². The van der Waals surface area contributed by atoms with E-state index in [0.717, 1.165) is 12.1 Å². The predicted octanol–water partition coefficient (Wildman–Crippen LogP) is 3.02. The molecule has 19 heavy (non-hydrogen) atoms. The third-order valence-electron chi connectivity index (χ3n) is 3.74. The third-order valence-corrected chi connectivity index (χ3v) is 3.74. The summed E-state index contributed by atoms with van der Waals surface area (Å²) in [6, 6.07) is 2.59. The lowest BCUT2D eigenvalue weighted by Gasteiger charge is -2.51. The van der Waals surface area contributed by atoms with Crippen LogP contribution in [0, 0.1) is 11.7 Å². The highest BCUT2D eigenvalue weighted by Gasteiger charge is 2.43. The quantitative estimate of drug-likeness (QED) is 0.841. The summed E-state index contributed by atoms with van der Waals surface area (Å²) in [4.78, 5) is 1.66. The second-order valence-corrected chi connectivity index (χ2v) is 5.41. The Morgan fingerprint density at radius 3 is 2.26 bits per heavy atom. The van der Waals surface area contributed by atoms with Crippen LogP contribution >= 0.6 is 0 Å². The highest BCUT2D eigenvalue weighted by atomic mass is 19.4. The zero-order valence-electron chi connectivity index (χ0n) is 10.8. The van der Waals surface area contributed by atoms with Crippen LogP contribution in [0.3, 0.4) is 0 Å². The summed E-state index contributed by atoms with van der Waals surface area (Å²) in [5.74, 6) is -0.623. The van der Waals surface area contributed by atoms with Crippen molar-refractivity contribution < 1.29 is 17.6 Å². The number of anilines is 1. The van der Waals surface area contributed by atoms with Gasteiger partial charge >= 0.3 is 6.18 Å². The summed E-state index contributed by atoms with van der Waals surface area (Å²) in [5.41, 5.74) is 4.89. The van der Waals surface area contributed by atoms with Gasteiger partial charge in [0.25, 0.3) is 0 Å². The van der Waals surface area contributed by atoms with Gasteiger partial charge < -0.3 is 10.6 Å². The standard InChI is InChI=1S/C13H16F4N2/c1-8(2)12(18)6-19(7-12)11-4-3-9(5-10(11)14)13(15,16)17/h3-5,8H,6-7,18H2,1-2H3. The van der Waals surface area contributed by atoms with Gasteiger partial charge in [-0.25, -0.2) is 4.39 Å². The Hall–Kier alpha value is -1.30. The van der Waals surface area contributed by atoms with Gasteiger partial charge in [0.1, 0.15) is 5.82 Å². The Morgan fingerprint density at radius 1 is 1.26 bits per heavy atom. The van der Waals surface area contributed by atoms with Crippen LogP contribution in [0.5, 0.6) is 0 Å². The lowest BCUT2D eigenvalue weighted by Crippen LogP contribution is -2.70. The van der Waals surface area contributed by atoms with Gasteiger partial charge in [-0.3, -0.25) is 0 Å². The van der Waals surface area contributed by atoms with Gasteiger partial charge in [0, 0.05) is 13.1 Å². The zero-order chi connectivity index (χ0) is 14.4. The summed E-state index contributed by atoms with van der Waals surface area (Å²) >= 11 is 0. The first-order valence-electron chi connectivity index (χ1n) is 6.04. The molecule has 0 aromatic heterocycles. The molecule has 2 nitrogen and oxygen atoms in total. The largest absolute Gasteiger partial charge is 0.416 e. The molecule has 1 saturated heterocycles. The van der Waals surface area contributed by atoms with Crippen molar-refractivity contribution in [2.45, 2.75) is 25.6 Å². The van der Waals surface area contributed by atoms with Crippen molar-refractivity contribution in [1.29, 1.82) is 0 Å². The SMILES string of the molecule is CC(C)C1(N)CN(c2ccc(C(F)(F)F)cc2F)C1. The summed E-state index contributed by atoms with van der Waals surface area (Å²) in [6.45, 7) is 4.85. The first-order valence-corrected chi connectivity index (χ1v) is 6.04. The van der Waals surface area contributed by atoms with Crippen molar-refractivity contribution in [2.75, 3.05) is 18.0 Å². The van der Waals surface area contributed by atoms with Crippen LogP contribution in [0.1, 0.15) is 19.4 Å². The van der Waals surface area contributed by atoms with Crippen LogP contribution in [-0.4, -0.2) is 18.6 Å². The maximum atomic E-state index is 13.7. The molecular formula is C13H16F4N2. The van der Waals surface area contributed by atoms with Crippen LogP contribution in [0.2, 0.25) is 0 Å². The Morgan fingerprint density at radius 2 is 1.84 bits per heavy atom. The number of hydrogen-bond donors (Lipinski definition) is 1. The second-order valence-electron chi connectivity index (χ2n) is 5.41. The highest BCUT2D eigenvalue weighted by Crippen LogP contribution is 2.36. The Bertz CT molecular complexity index is 476. The first-order chi connectivity index (χ1) is 8.63. The van der Waals surface area contributed by atoms with Crippen molar-refractivity contribution in [3.05, 3.63) is 29.6 Å². The molecule has 0 atom stereocenters. The van der Waals surface area contributed by atoms with Gasteiger partial charge in [0.05, 0.1) is 16.8 Å². The van der Waals surface area contributed by atoms with Crippen molar-refractivity contribution in [3.8, 4) is 0 Å². The predicted molar refractivity (Wildman–Crippen MR) is 65.4 cm³/mol. The van der Waals surface area contributed by atoms with E-state index in [9.17, 15) is 17.6 Å². The van der Waals surface area contributed by atoms with E-state index in [4.69, 9.17) is 5.73 Å². The lowest BCUT2D eigenvalue weighted by atomic mass is 9.80. The van der Waals surface area contributed by atoms with Gasteiger partial charge in [0.2, 0.25) is 0 Å². The van der Waals surface area contributed by atoms with E-state index in [0.29, 0.717) is 19.2 Å². The van der Waals surface area contributed by atoms with Gasteiger partial charge in [-0.15, -0.1) is 0 Å². The molecule has 0 bridgehead atoms. The molecule has 6 heteroatoms. The summed E-state index contributed by atoms with van der Waals surface area (Å²) in [6.07, 6.45) is -4.52. The van der Waals surface area contributed by atoms with Gasteiger partial charge in [0.15, 0.2) is 0 Å². The molecule has 0 radical (unpaired) electrons. The Labute approximate surface area is 109 Å². The third kappa shape index (κ3) is 2.54. The minimum atomic E-state index is -4.52. The van der Waals surface area contributed by atoms with E-state index >= 15 is 0 Å². The summed E-state index contributed by atoms with van der Waals surface area (Å²) in [7, 11) is 0. The molecule has 1 aromatic rings. The first kappa shape index (κ1) is 14.1. The molecule has 0 aliphatic carbocycles. The van der Waals surface area contributed by atoms with Gasteiger partial charge in [-0.05, 0) is 24.1 Å². The number of benzene rings is 1. The van der Waals surface area contributed by atoms with E-state index in [1.54, 1.807) is 4.90 Å². The molecule has 0 unspecified atom stereocenters. The number of rotatable bonds is 2. The van der Waals surface area contributed by atoms with E-state index in [2.05, 4.69) is 0 Å². The highest BCUT2D eigenvalue weighted by molar-refractivity contribution is 5.53. The number of nitrogens with two attached hydrogens (primary N) is 1. The fraction of sp³-hybridized carbons (Fsp3) is 0.538. The molecule has 0 amide bonds. The molecule has 0 spiro atoms. The average molecular weight is 276 g/mol. The van der Waals surface area contributed by atoms with Crippen molar-refractivity contribution >= 4 is 5.69 Å².